The summed E-state index contributed by atoms with van der Waals surface area (Å²) in [5.74, 6) is 1.56. The van der Waals surface area contributed by atoms with Gasteiger partial charge in [-0.2, -0.15) is 0 Å². The van der Waals surface area contributed by atoms with E-state index in [0.29, 0.717) is 11.7 Å². The van der Waals surface area contributed by atoms with Crippen molar-refractivity contribution >= 4 is 0 Å². The van der Waals surface area contributed by atoms with Gasteiger partial charge in [-0.3, -0.25) is 0 Å². The SMILES string of the molecule is COc1ccc(C)c(O)c1C1CCCNC1. The van der Waals surface area contributed by atoms with E-state index in [1.54, 1.807) is 7.11 Å². The minimum Gasteiger partial charge on any atom is -0.507 e. The van der Waals surface area contributed by atoms with E-state index in [1.165, 1.54) is 0 Å². The lowest BCUT2D eigenvalue weighted by atomic mass is 9.89. The largest absolute Gasteiger partial charge is 0.507 e. The molecule has 1 saturated heterocycles. The van der Waals surface area contributed by atoms with E-state index >= 15 is 0 Å². The zero-order valence-corrected chi connectivity index (χ0v) is 9.92. The molecule has 0 radical (unpaired) electrons. The van der Waals surface area contributed by atoms with Gasteiger partial charge in [0, 0.05) is 18.0 Å². The quantitative estimate of drug-likeness (QED) is 0.804. The van der Waals surface area contributed by atoms with Crippen molar-refractivity contribution < 1.29 is 9.84 Å². The maximum atomic E-state index is 10.2. The van der Waals surface area contributed by atoms with Crippen molar-refractivity contribution in [3.8, 4) is 11.5 Å². The predicted molar refractivity (Wildman–Crippen MR) is 64.2 cm³/mol. The van der Waals surface area contributed by atoms with Crippen LogP contribution in [0.4, 0.5) is 0 Å². The number of ether oxygens (including phenoxy) is 1. The molecule has 1 aliphatic rings. The van der Waals surface area contributed by atoms with Gasteiger partial charge in [0.25, 0.3) is 0 Å². The smallest absolute Gasteiger partial charge is 0.126 e. The van der Waals surface area contributed by atoms with Crippen molar-refractivity contribution in [3.05, 3.63) is 23.3 Å². The second-order valence-corrected chi connectivity index (χ2v) is 4.39. The molecule has 0 saturated carbocycles. The summed E-state index contributed by atoms with van der Waals surface area (Å²) < 4.78 is 5.35. The molecule has 2 rings (SSSR count). The molecule has 1 aromatic rings. The molecule has 0 amide bonds. The maximum Gasteiger partial charge on any atom is 0.126 e. The summed E-state index contributed by atoms with van der Waals surface area (Å²) in [6.07, 6.45) is 2.27. The van der Waals surface area contributed by atoms with E-state index in [-0.39, 0.29) is 0 Å². The van der Waals surface area contributed by atoms with Gasteiger partial charge in [0.15, 0.2) is 0 Å². The third-order valence-electron chi connectivity index (χ3n) is 3.30. The highest BCUT2D eigenvalue weighted by Gasteiger charge is 2.23. The fraction of sp³-hybridized carbons (Fsp3) is 0.538. The number of rotatable bonds is 2. The van der Waals surface area contributed by atoms with Crippen molar-refractivity contribution in [3.63, 3.8) is 0 Å². The number of hydrogen-bond donors (Lipinski definition) is 2. The molecule has 3 nitrogen and oxygen atoms in total. The lowest BCUT2D eigenvalue weighted by molar-refractivity contribution is 0.375. The van der Waals surface area contributed by atoms with E-state index in [4.69, 9.17) is 4.74 Å². The van der Waals surface area contributed by atoms with Gasteiger partial charge in [0.05, 0.1) is 7.11 Å². The van der Waals surface area contributed by atoms with Crippen LogP contribution in [0.1, 0.15) is 29.9 Å². The Bertz CT molecular complexity index is 370. The summed E-state index contributed by atoms with van der Waals surface area (Å²) in [4.78, 5) is 0. The monoisotopic (exact) mass is 221 g/mol. The third kappa shape index (κ3) is 2.00. The Morgan fingerprint density at radius 3 is 2.88 bits per heavy atom. The second-order valence-electron chi connectivity index (χ2n) is 4.39. The first kappa shape index (κ1) is 11.3. The minimum atomic E-state index is 0.364. The van der Waals surface area contributed by atoms with Crippen LogP contribution in [-0.4, -0.2) is 25.3 Å². The topological polar surface area (TPSA) is 41.5 Å². The molecular formula is C13H19NO2. The van der Waals surface area contributed by atoms with Crippen molar-refractivity contribution in [1.29, 1.82) is 0 Å². The third-order valence-corrected chi connectivity index (χ3v) is 3.30. The number of aromatic hydroxyl groups is 1. The lowest BCUT2D eigenvalue weighted by Crippen LogP contribution is -2.28. The molecule has 1 fully saturated rings. The number of nitrogens with one attached hydrogen (secondary N) is 1. The summed E-state index contributed by atoms with van der Waals surface area (Å²) >= 11 is 0. The number of aryl methyl sites for hydroxylation is 1. The Hall–Kier alpha value is -1.22. The molecular weight excluding hydrogens is 202 g/mol. The van der Waals surface area contributed by atoms with Gasteiger partial charge in [0.1, 0.15) is 11.5 Å². The van der Waals surface area contributed by atoms with Crippen molar-refractivity contribution in [2.45, 2.75) is 25.7 Å². The lowest BCUT2D eigenvalue weighted by Gasteiger charge is -2.25. The van der Waals surface area contributed by atoms with Crippen LogP contribution in [0.25, 0.3) is 0 Å². The Morgan fingerprint density at radius 2 is 2.25 bits per heavy atom. The summed E-state index contributed by atoms with van der Waals surface area (Å²) in [6, 6.07) is 3.84. The first-order valence-corrected chi connectivity index (χ1v) is 5.81. The van der Waals surface area contributed by atoms with Crippen LogP contribution in [0.3, 0.4) is 0 Å². The number of phenols is 1. The van der Waals surface area contributed by atoms with Gasteiger partial charge in [-0.05, 0) is 37.9 Å². The van der Waals surface area contributed by atoms with Crippen molar-refractivity contribution in [2.24, 2.45) is 0 Å². The number of piperidine rings is 1. The highest BCUT2D eigenvalue weighted by Crippen LogP contribution is 2.39. The van der Waals surface area contributed by atoms with Crippen LogP contribution in [-0.2, 0) is 0 Å². The van der Waals surface area contributed by atoms with Gasteiger partial charge in [-0.15, -0.1) is 0 Å². The fourth-order valence-electron chi connectivity index (χ4n) is 2.37. The van der Waals surface area contributed by atoms with Crippen LogP contribution >= 0.6 is 0 Å². The highest BCUT2D eigenvalue weighted by molar-refractivity contribution is 5.51. The Labute approximate surface area is 96.4 Å². The second kappa shape index (κ2) is 4.74. The number of methoxy groups -OCH3 is 1. The Kier molecular flexibility index (Phi) is 3.34. The average Bonchev–Trinajstić information content (AvgIpc) is 2.33. The minimum absolute atomic E-state index is 0.364. The first-order valence-electron chi connectivity index (χ1n) is 5.81. The molecule has 1 aromatic carbocycles. The first-order chi connectivity index (χ1) is 7.74. The van der Waals surface area contributed by atoms with Crippen molar-refractivity contribution in [1.82, 2.24) is 5.32 Å². The molecule has 1 aliphatic heterocycles. The number of hydrogen-bond acceptors (Lipinski definition) is 3. The number of phenolic OH excluding ortho intramolecular Hbond substituents is 1. The standard InChI is InChI=1S/C13H19NO2/c1-9-5-6-11(16-2)12(13(9)15)10-4-3-7-14-8-10/h5-6,10,14-15H,3-4,7-8H2,1-2H3. The van der Waals surface area contributed by atoms with Gasteiger partial charge in [-0.25, -0.2) is 0 Å². The summed E-state index contributed by atoms with van der Waals surface area (Å²) in [7, 11) is 1.66. The van der Waals surface area contributed by atoms with Gasteiger partial charge in [-0.1, -0.05) is 6.07 Å². The zero-order valence-electron chi connectivity index (χ0n) is 9.92. The summed E-state index contributed by atoms with van der Waals surface area (Å²) in [5.41, 5.74) is 1.89. The van der Waals surface area contributed by atoms with Crippen LogP contribution in [0.15, 0.2) is 12.1 Å². The number of benzene rings is 1. The molecule has 1 heterocycles. The average molecular weight is 221 g/mol. The molecule has 1 atom stereocenters. The van der Waals surface area contributed by atoms with Gasteiger partial charge in [0.2, 0.25) is 0 Å². The van der Waals surface area contributed by atoms with E-state index in [2.05, 4.69) is 5.32 Å². The molecule has 88 valence electrons. The molecule has 0 aromatic heterocycles. The van der Waals surface area contributed by atoms with Crippen LogP contribution in [0.5, 0.6) is 11.5 Å². The molecule has 0 spiro atoms. The van der Waals surface area contributed by atoms with Crippen LogP contribution < -0.4 is 10.1 Å². The Morgan fingerprint density at radius 1 is 1.44 bits per heavy atom. The summed E-state index contributed by atoms with van der Waals surface area (Å²) in [6.45, 7) is 3.92. The van der Waals surface area contributed by atoms with Crippen LogP contribution in [0.2, 0.25) is 0 Å². The molecule has 3 heteroatoms. The van der Waals surface area contributed by atoms with E-state index in [1.807, 2.05) is 19.1 Å². The predicted octanol–water partition coefficient (Wildman–Crippen LogP) is 2.18. The molecule has 2 N–H and O–H groups in total. The molecule has 16 heavy (non-hydrogen) atoms. The van der Waals surface area contributed by atoms with E-state index < -0.39 is 0 Å². The van der Waals surface area contributed by atoms with Gasteiger partial charge < -0.3 is 15.2 Å². The van der Waals surface area contributed by atoms with Gasteiger partial charge >= 0.3 is 0 Å². The van der Waals surface area contributed by atoms with Crippen LogP contribution in [0, 0.1) is 6.92 Å². The van der Waals surface area contributed by atoms with E-state index in [0.717, 1.165) is 42.8 Å². The molecule has 1 unspecified atom stereocenters. The maximum absolute atomic E-state index is 10.2. The Balaban J connectivity index is 2.39. The fourth-order valence-corrected chi connectivity index (χ4v) is 2.37. The molecule has 0 aliphatic carbocycles. The zero-order chi connectivity index (χ0) is 11.5. The van der Waals surface area contributed by atoms with Crippen molar-refractivity contribution in [2.75, 3.05) is 20.2 Å². The summed E-state index contributed by atoms with van der Waals surface area (Å²) in [5, 5.41) is 13.5. The normalized spacial score (nSPS) is 20.8. The highest BCUT2D eigenvalue weighted by atomic mass is 16.5. The molecule has 0 bridgehead atoms. The van der Waals surface area contributed by atoms with E-state index in [9.17, 15) is 5.11 Å².